The van der Waals surface area contributed by atoms with Crippen LogP contribution in [0.25, 0.3) is 23.0 Å². The number of hydrogen-bond acceptors (Lipinski definition) is 6. The largest absolute Gasteiger partial charge is 0.507 e. The SMILES string of the molecule is Nc1ccc(-c2nc(-c3ncc(Br)cc3Br)no2)c(O)c1. The molecule has 0 unspecified atom stereocenters. The van der Waals surface area contributed by atoms with E-state index in [1.54, 1.807) is 18.3 Å². The van der Waals surface area contributed by atoms with Crippen LogP contribution in [0.1, 0.15) is 0 Å². The minimum Gasteiger partial charge on any atom is -0.507 e. The summed E-state index contributed by atoms with van der Waals surface area (Å²) >= 11 is 6.72. The molecule has 0 spiro atoms. The first-order valence-electron chi connectivity index (χ1n) is 5.78. The highest BCUT2D eigenvalue weighted by Gasteiger charge is 2.16. The van der Waals surface area contributed by atoms with Crippen molar-refractivity contribution in [3.05, 3.63) is 39.4 Å². The van der Waals surface area contributed by atoms with E-state index in [1.165, 1.54) is 6.07 Å². The summed E-state index contributed by atoms with van der Waals surface area (Å²) in [5.74, 6) is 0.493. The molecule has 8 heteroatoms. The number of nitrogen functional groups attached to an aromatic ring is 1. The van der Waals surface area contributed by atoms with Crippen LogP contribution in [0.5, 0.6) is 5.75 Å². The molecule has 6 nitrogen and oxygen atoms in total. The molecule has 2 heterocycles. The summed E-state index contributed by atoms with van der Waals surface area (Å²) in [5.41, 5.74) is 7.00. The Bertz CT molecular complexity index is 754. The minimum absolute atomic E-state index is 0.0203. The average Bonchev–Trinajstić information content (AvgIpc) is 2.87. The number of benzene rings is 1. The molecule has 0 bridgehead atoms. The maximum absolute atomic E-state index is 9.88. The molecule has 21 heavy (non-hydrogen) atoms. The standard InChI is InChI=1S/C13H8Br2N4O2/c14-6-3-9(15)11(17-5-6)12-18-13(21-19-12)8-2-1-7(16)4-10(8)20/h1-5,20H,16H2. The smallest absolute Gasteiger partial charge is 0.262 e. The van der Waals surface area contributed by atoms with Crippen LogP contribution in [0.3, 0.4) is 0 Å². The van der Waals surface area contributed by atoms with Crippen LogP contribution >= 0.6 is 31.9 Å². The van der Waals surface area contributed by atoms with Crippen molar-refractivity contribution in [2.75, 3.05) is 5.73 Å². The molecule has 0 atom stereocenters. The number of pyridine rings is 1. The number of anilines is 1. The molecule has 0 saturated heterocycles. The number of aromatic hydroxyl groups is 1. The lowest BCUT2D eigenvalue weighted by atomic mass is 10.2. The van der Waals surface area contributed by atoms with Gasteiger partial charge in [-0.1, -0.05) is 5.16 Å². The summed E-state index contributed by atoms with van der Waals surface area (Å²) in [7, 11) is 0. The Morgan fingerprint density at radius 1 is 1.19 bits per heavy atom. The average molecular weight is 412 g/mol. The zero-order valence-electron chi connectivity index (χ0n) is 10.4. The number of aromatic nitrogens is 3. The van der Waals surface area contributed by atoms with Crippen molar-refractivity contribution in [3.8, 4) is 28.7 Å². The van der Waals surface area contributed by atoms with Crippen molar-refractivity contribution in [2.24, 2.45) is 0 Å². The van der Waals surface area contributed by atoms with Crippen LogP contribution in [0.4, 0.5) is 5.69 Å². The van der Waals surface area contributed by atoms with E-state index in [9.17, 15) is 5.11 Å². The molecule has 0 aliphatic heterocycles. The third-order valence-corrected chi connectivity index (χ3v) is 3.74. The number of phenols is 1. The van der Waals surface area contributed by atoms with Crippen molar-refractivity contribution >= 4 is 37.5 Å². The second-order valence-corrected chi connectivity index (χ2v) is 5.95. The third kappa shape index (κ3) is 2.77. The van der Waals surface area contributed by atoms with Gasteiger partial charge in [0.25, 0.3) is 5.89 Å². The molecule has 106 valence electrons. The highest BCUT2D eigenvalue weighted by atomic mass is 79.9. The van der Waals surface area contributed by atoms with Crippen molar-refractivity contribution in [1.29, 1.82) is 0 Å². The van der Waals surface area contributed by atoms with E-state index in [0.29, 0.717) is 22.8 Å². The first kappa shape index (κ1) is 14.0. The maximum atomic E-state index is 9.88. The Morgan fingerprint density at radius 2 is 2.00 bits per heavy atom. The first-order chi connectivity index (χ1) is 10.0. The van der Waals surface area contributed by atoms with Crippen LogP contribution in [-0.2, 0) is 0 Å². The fraction of sp³-hybridized carbons (Fsp3) is 0. The van der Waals surface area contributed by atoms with Gasteiger partial charge in [-0.25, -0.2) is 0 Å². The summed E-state index contributed by atoms with van der Waals surface area (Å²) in [6.07, 6.45) is 1.64. The van der Waals surface area contributed by atoms with Gasteiger partial charge in [0.15, 0.2) is 0 Å². The molecule has 2 aromatic heterocycles. The van der Waals surface area contributed by atoms with E-state index < -0.39 is 0 Å². The van der Waals surface area contributed by atoms with Crippen LogP contribution in [-0.4, -0.2) is 20.2 Å². The van der Waals surface area contributed by atoms with Gasteiger partial charge in [-0.3, -0.25) is 4.98 Å². The maximum Gasteiger partial charge on any atom is 0.262 e. The minimum atomic E-state index is -0.0203. The quantitative estimate of drug-likeness (QED) is 0.625. The summed E-state index contributed by atoms with van der Waals surface area (Å²) in [6.45, 7) is 0. The van der Waals surface area contributed by atoms with Gasteiger partial charge in [-0.2, -0.15) is 4.98 Å². The second-order valence-electron chi connectivity index (χ2n) is 4.18. The normalized spacial score (nSPS) is 10.8. The second kappa shape index (κ2) is 5.45. The molecule has 0 amide bonds. The fourth-order valence-corrected chi connectivity index (χ4v) is 2.90. The Kier molecular flexibility index (Phi) is 3.64. The number of hydrogen-bond donors (Lipinski definition) is 2. The number of nitrogens with two attached hydrogens (primary N) is 1. The van der Waals surface area contributed by atoms with Gasteiger partial charge in [0.2, 0.25) is 5.82 Å². The van der Waals surface area contributed by atoms with Crippen LogP contribution in [0, 0.1) is 0 Å². The lowest BCUT2D eigenvalue weighted by molar-refractivity contribution is 0.425. The Labute approximate surface area is 136 Å². The summed E-state index contributed by atoms with van der Waals surface area (Å²) < 4.78 is 6.74. The van der Waals surface area contributed by atoms with Crippen LogP contribution in [0.15, 0.2) is 43.9 Å². The molecule has 0 aliphatic carbocycles. The zero-order chi connectivity index (χ0) is 15.0. The van der Waals surface area contributed by atoms with Gasteiger partial charge < -0.3 is 15.4 Å². The predicted octanol–water partition coefficient (Wildman–Crippen LogP) is 3.61. The van der Waals surface area contributed by atoms with Crippen molar-refractivity contribution in [3.63, 3.8) is 0 Å². The molecular weight excluding hydrogens is 404 g/mol. The number of rotatable bonds is 2. The van der Waals surface area contributed by atoms with Gasteiger partial charge in [-0.05, 0) is 50.1 Å². The fourth-order valence-electron chi connectivity index (χ4n) is 1.74. The van der Waals surface area contributed by atoms with E-state index >= 15 is 0 Å². The topological polar surface area (TPSA) is 98.1 Å². The molecule has 0 radical (unpaired) electrons. The Balaban J connectivity index is 2.03. The predicted molar refractivity (Wildman–Crippen MR) is 84.4 cm³/mol. The van der Waals surface area contributed by atoms with E-state index in [4.69, 9.17) is 10.3 Å². The van der Waals surface area contributed by atoms with E-state index in [1.807, 2.05) is 6.07 Å². The van der Waals surface area contributed by atoms with Gasteiger partial charge in [0.05, 0.1) is 5.56 Å². The zero-order valence-corrected chi connectivity index (χ0v) is 13.6. The van der Waals surface area contributed by atoms with Crippen LogP contribution in [0.2, 0.25) is 0 Å². The van der Waals surface area contributed by atoms with Gasteiger partial charge >= 0.3 is 0 Å². The number of phenolic OH excluding ortho intramolecular Hbond substituents is 1. The molecule has 3 aromatic rings. The number of nitrogens with zero attached hydrogens (tertiary/aromatic N) is 3. The van der Waals surface area contributed by atoms with Crippen LogP contribution < -0.4 is 5.73 Å². The van der Waals surface area contributed by atoms with E-state index in [0.717, 1.165) is 8.95 Å². The molecule has 0 aliphatic rings. The van der Waals surface area contributed by atoms with Crippen molar-refractivity contribution < 1.29 is 9.63 Å². The van der Waals surface area contributed by atoms with E-state index in [2.05, 4.69) is 47.0 Å². The van der Waals surface area contributed by atoms with Gasteiger partial charge in [0, 0.05) is 26.9 Å². The molecule has 0 saturated carbocycles. The molecule has 3 N–H and O–H groups in total. The molecule has 1 aromatic carbocycles. The summed E-state index contributed by atoms with van der Waals surface area (Å²) in [4.78, 5) is 8.48. The summed E-state index contributed by atoms with van der Waals surface area (Å²) in [6, 6.07) is 6.52. The van der Waals surface area contributed by atoms with E-state index in [-0.39, 0.29) is 11.6 Å². The van der Waals surface area contributed by atoms with Gasteiger partial charge in [-0.15, -0.1) is 0 Å². The highest BCUT2D eigenvalue weighted by molar-refractivity contribution is 9.11. The molecule has 0 fully saturated rings. The summed E-state index contributed by atoms with van der Waals surface area (Å²) in [5, 5.41) is 13.8. The third-order valence-electron chi connectivity index (χ3n) is 2.70. The van der Waals surface area contributed by atoms with Crippen molar-refractivity contribution in [2.45, 2.75) is 0 Å². The Morgan fingerprint density at radius 3 is 2.71 bits per heavy atom. The molecular formula is C13H8Br2N4O2. The van der Waals surface area contributed by atoms with Gasteiger partial charge in [0.1, 0.15) is 11.4 Å². The Hall–Kier alpha value is -1.93. The monoisotopic (exact) mass is 410 g/mol. The highest BCUT2D eigenvalue weighted by Crippen LogP contribution is 2.32. The first-order valence-corrected chi connectivity index (χ1v) is 7.37. The lowest BCUT2D eigenvalue weighted by Crippen LogP contribution is -1.88. The molecule has 3 rings (SSSR count). The lowest BCUT2D eigenvalue weighted by Gasteiger charge is -2.00. The van der Waals surface area contributed by atoms with Crippen molar-refractivity contribution in [1.82, 2.24) is 15.1 Å². The number of halogens is 2.